The number of halogens is 3. The average molecular weight is 448 g/mol. The maximum atomic E-state index is 13.4. The molecule has 0 saturated carbocycles. The number of amides is 2. The summed E-state index contributed by atoms with van der Waals surface area (Å²) < 4.78 is 41.2. The summed E-state index contributed by atoms with van der Waals surface area (Å²) in [5, 5.41) is 7.59. The first-order valence-corrected chi connectivity index (χ1v) is 10.3. The van der Waals surface area contributed by atoms with Gasteiger partial charge in [0.05, 0.1) is 23.0 Å². The Labute approximate surface area is 188 Å². The van der Waals surface area contributed by atoms with Gasteiger partial charge >= 0.3 is 12.2 Å². The van der Waals surface area contributed by atoms with Crippen molar-refractivity contribution in [2.75, 3.05) is 10.2 Å². The second kappa shape index (κ2) is 7.81. The number of nitrogens with zero attached hydrogens (tertiary/aromatic N) is 3. The molecule has 2 amide bonds. The SMILES string of the molecule is Cc1nn(-c2ccccc2)c2c1C(c1ccc(C(F)(F)F)cc1)N(c1ccccc1)C(=O)N2. The van der Waals surface area contributed by atoms with Crippen molar-refractivity contribution >= 4 is 17.5 Å². The fourth-order valence-corrected chi connectivity index (χ4v) is 4.18. The quantitative estimate of drug-likeness (QED) is 0.398. The van der Waals surface area contributed by atoms with Crippen LogP contribution in [0.1, 0.15) is 28.4 Å². The zero-order chi connectivity index (χ0) is 23.2. The third-order valence-corrected chi connectivity index (χ3v) is 5.67. The lowest BCUT2D eigenvalue weighted by Gasteiger charge is -2.36. The van der Waals surface area contributed by atoms with Crippen LogP contribution < -0.4 is 10.2 Å². The Morgan fingerprint density at radius 2 is 1.42 bits per heavy atom. The summed E-state index contributed by atoms with van der Waals surface area (Å²) in [4.78, 5) is 14.9. The number of rotatable bonds is 3. The second-order valence-electron chi connectivity index (χ2n) is 7.75. The Morgan fingerprint density at radius 1 is 0.848 bits per heavy atom. The lowest BCUT2D eigenvalue weighted by atomic mass is 9.94. The van der Waals surface area contributed by atoms with Gasteiger partial charge in [-0.2, -0.15) is 18.3 Å². The number of urea groups is 1. The van der Waals surface area contributed by atoms with Gasteiger partial charge in [0.25, 0.3) is 0 Å². The van der Waals surface area contributed by atoms with Crippen LogP contribution in [-0.2, 0) is 6.18 Å². The number of alkyl halides is 3. The first-order chi connectivity index (χ1) is 15.8. The van der Waals surface area contributed by atoms with Gasteiger partial charge in [0, 0.05) is 11.3 Å². The highest BCUT2D eigenvalue weighted by Crippen LogP contribution is 2.43. The summed E-state index contributed by atoms with van der Waals surface area (Å²) in [5.74, 6) is 0.501. The third kappa shape index (κ3) is 3.63. The standard InChI is InChI=1S/C25H19F3N4O/c1-16-21-22(17-12-14-18(15-13-17)25(26,27)28)31(19-8-4-2-5-9-19)24(33)29-23(21)32(30-16)20-10-6-3-7-11-20/h2-15,22H,1H3,(H,29,33). The molecule has 8 heteroatoms. The number of hydrogen-bond acceptors (Lipinski definition) is 2. The average Bonchev–Trinajstić information content (AvgIpc) is 3.14. The highest BCUT2D eigenvalue weighted by atomic mass is 19.4. The number of nitrogens with one attached hydrogen (secondary N) is 1. The molecule has 1 aromatic heterocycles. The van der Waals surface area contributed by atoms with Crippen molar-refractivity contribution in [3.05, 3.63) is 107 Å². The molecule has 3 aromatic carbocycles. The number of fused-ring (bicyclic) bond motifs is 1. The number of anilines is 2. The topological polar surface area (TPSA) is 50.2 Å². The number of carbonyl (C=O) groups is 1. The number of aryl methyl sites for hydroxylation is 1. The van der Waals surface area contributed by atoms with Gasteiger partial charge in [0.15, 0.2) is 0 Å². The van der Waals surface area contributed by atoms with Crippen LogP contribution in [-0.4, -0.2) is 15.8 Å². The van der Waals surface area contributed by atoms with E-state index in [1.807, 2.05) is 55.5 Å². The van der Waals surface area contributed by atoms with Gasteiger partial charge in [-0.25, -0.2) is 9.48 Å². The Balaban J connectivity index is 1.71. The molecule has 2 heterocycles. The molecule has 5 rings (SSSR count). The largest absolute Gasteiger partial charge is 0.416 e. The van der Waals surface area contributed by atoms with Crippen LogP contribution in [0.2, 0.25) is 0 Å². The zero-order valence-electron chi connectivity index (χ0n) is 17.5. The third-order valence-electron chi connectivity index (χ3n) is 5.67. The molecule has 5 nitrogen and oxygen atoms in total. The van der Waals surface area contributed by atoms with Gasteiger partial charge in [0.1, 0.15) is 5.82 Å². The molecule has 1 aliphatic heterocycles. The fourth-order valence-electron chi connectivity index (χ4n) is 4.18. The Hall–Kier alpha value is -4.07. The molecule has 0 bridgehead atoms. The molecular weight excluding hydrogens is 429 g/mol. The Bertz CT molecular complexity index is 1300. The molecule has 4 aromatic rings. The van der Waals surface area contributed by atoms with Gasteiger partial charge in [0.2, 0.25) is 0 Å². The predicted octanol–water partition coefficient (Wildman–Crippen LogP) is 6.34. The fraction of sp³-hybridized carbons (Fsp3) is 0.120. The van der Waals surface area contributed by atoms with Gasteiger partial charge in [-0.3, -0.25) is 10.2 Å². The Kier molecular flexibility index (Phi) is 4.92. The van der Waals surface area contributed by atoms with Crippen LogP contribution in [0.5, 0.6) is 0 Å². The zero-order valence-corrected chi connectivity index (χ0v) is 17.5. The predicted molar refractivity (Wildman–Crippen MR) is 120 cm³/mol. The minimum Gasteiger partial charge on any atom is -0.291 e. The van der Waals surface area contributed by atoms with E-state index in [4.69, 9.17) is 0 Å². The Morgan fingerprint density at radius 3 is 2.00 bits per heavy atom. The summed E-state index contributed by atoms with van der Waals surface area (Å²) in [6.07, 6.45) is -4.44. The molecule has 33 heavy (non-hydrogen) atoms. The van der Waals surface area contributed by atoms with Crippen LogP contribution >= 0.6 is 0 Å². The normalized spacial score (nSPS) is 15.8. The number of benzene rings is 3. The molecule has 0 fully saturated rings. The molecule has 0 radical (unpaired) electrons. The van der Waals surface area contributed by atoms with Crippen molar-refractivity contribution in [2.24, 2.45) is 0 Å². The highest BCUT2D eigenvalue weighted by Gasteiger charge is 2.39. The van der Waals surface area contributed by atoms with E-state index in [0.717, 1.165) is 23.4 Å². The molecule has 0 spiro atoms. The molecule has 1 atom stereocenters. The van der Waals surface area contributed by atoms with Crippen molar-refractivity contribution in [3.8, 4) is 5.69 Å². The van der Waals surface area contributed by atoms with E-state index in [-0.39, 0.29) is 0 Å². The lowest BCUT2D eigenvalue weighted by molar-refractivity contribution is -0.137. The van der Waals surface area contributed by atoms with E-state index in [0.29, 0.717) is 22.8 Å². The smallest absolute Gasteiger partial charge is 0.291 e. The minimum atomic E-state index is -4.44. The molecule has 1 unspecified atom stereocenters. The molecule has 0 saturated heterocycles. The number of para-hydroxylation sites is 2. The van der Waals surface area contributed by atoms with Gasteiger partial charge in [-0.1, -0.05) is 48.5 Å². The van der Waals surface area contributed by atoms with Crippen molar-refractivity contribution in [1.29, 1.82) is 0 Å². The lowest BCUT2D eigenvalue weighted by Crippen LogP contribution is -2.43. The van der Waals surface area contributed by atoms with E-state index in [2.05, 4.69) is 10.4 Å². The van der Waals surface area contributed by atoms with E-state index in [1.165, 1.54) is 12.1 Å². The first-order valence-electron chi connectivity index (χ1n) is 10.3. The van der Waals surface area contributed by atoms with Crippen LogP contribution in [0.15, 0.2) is 84.9 Å². The van der Waals surface area contributed by atoms with E-state index >= 15 is 0 Å². The van der Waals surface area contributed by atoms with Gasteiger partial charge in [-0.05, 0) is 48.9 Å². The van der Waals surface area contributed by atoms with Crippen LogP contribution in [0.25, 0.3) is 5.69 Å². The summed E-state index contributed by atoms with van der Waals surface area (Å²) >= 11 is 0. The van der Waals surface area contributed by atoms with E-state index in [9.17, 15) is 18.0 Å². The number of carbonyl (C=O) groups excluding carboxylic acids is 1. The summed E-state index contributed by atoms with van der Waals surface area (Å²) in [7, 11) is 0. The van der Waals surface area contributed by atoms with E-state index in [1.54, 1.807) is 21.7 Å². The second-order valence-corrected chi connectivity index (χ2v) is 7.75. The van der Waals surface area contributed by atoms with Crippen LogP contribution in [0.3, 0.4) is 0 Å². The number of aromatic nitrogens is 2. The first kappa shape index (κ1) is 20.8. The molecule has 0 aliphatic carbocycles. The van der Waals surface area contributed by atoms with Crippen molar-refractivity contribution in [1.82, 2.24) is 9.78 Å². The molecule has 1 aliphatic rings. The summed E-state index contributed by atoms with van der Waals surface area (Å²) in [6, 6.07) is 22.3. The molecule has 166 valence electrons. The molecular formula is C25H19F3N4O. The van der Waals surface area contributed by atoms with Crippen molar-refractivity contribution in [2.45, 2.75) is 19.1 Å². The van der Waals surface area contributed by atoms with E-state index < -0.39 is 23.8 Å². The maximum Gasteiger partial charge on any atom is 0.416 e. The number of hydrogen-bond donors (Lipinski definition) is 1. The summed E-state index contributed by atoms with van der Waals surface area (Å²) in [6.45, 7) is 1.83. The minimum absolute atomic E-state index is 0.393. The molecule has 1 N–H and O–H groups in total. The monoisotopic (exact) mass is 448 g/mol. The van der Waals surface area contributed by atoms with Crippen molar-refractivity contribution < 1.29 is 18.0 Å². The van der Waals surface area contributed by atoms with Crippen molar-refractivity contribution in [3.63, 3.8) is 0 Å². The van der Waals surface area contributed by atoms with Crippen LogP contribution in [0.4, 0.5) is 29.5 Å². The highest BCUT2D eigenvalue weighted by molar-refractivity contribution is 6.05. The van der Waals surface area contributed by atoms with Gasteiger partial charge in [-0.15, -0.1) is 0 Å². The van der Waals surface area contributed by atoms with Gasteiger partial charge < -0.3 is 0 Å². The maximum absolute atomic E-state index is 13.4. The summed E-state index contributed by atoms with van der Waals surface area (Å²) in [5.41, 5.74) is 2.59. The van der Waals surface area contributed by atoms with Crippen LogP contribution in [0, 0.1) is 6.92 Å².